The van der Waals surface area contributed by atoms with Crippen LogP contribution in [0.5, 0.6) is 0 Å². The van der Waals surface area contributed by atoms with E-state index in [1.54, 1.807) is 13.8 Å². The summed E-state index contributed by atoms with van der Waals surface area (Å²) in [6.45, 7) is 19.1. The van der Waals surface area contributed by atoms with Gasteiger partial charge < -0.3 is 24.8 Å². The molecule has 0 unspecified atom stereocenters. The molecule has 0 aromatic heterocycles. The number of aliphatic hydroxyl groups excluding tert-OH is 1. The van der Waals surface area contributed by atoms with Crippen LogP contribution in [0.4, 0.5) is 0 Å². The molecule has 0 radical (unpaired) electrons. The van der Waals surface area contributed by atoms with Crippen molar-refractivity contribution in [1.82, 2.24) is 0 Å². The summed E-state index contributed by atoms with van der Waals surface area (Å²) in [4.78, 5) is 25.4. The van der Waals surface area contributed by atoms with Crippen molar-refractivity contribution in [3.63, 3.8) is 0 Å². The second-order valence-corrected chi connectivity index (χ2v) is 16.0. The SMILES string of the molecule is CC[C@@H](C)[C@@H](O)C(=O)O[C@@H]1C[C@@H](C(C)(C)O)[C@](C)(CCC(=O)O)[C@H]2CC[C@]3(C)C(=CC[C@H]3[C@H]3CO[C@H](C=C(C)C)C3)[C@@]21C. The van der Waals surface area contributed by atoms with Gasteiger partial charge >= 0.3 is 11.9 Å². The van der Waals surface area contributed by atoms with Gasteiger partial charge in [-0.3, -0.25) is 4.79 Å². The van der Waals surface area contributed by atoms with Crippen LogP contribution in [-0.2, 0) is 19.1 Å². The second-order valence-electron chi connectivity index (χ2n) is 16.0. The largest absolute Gasteiger partial charge is 0.481 e. The number of hydrogen-bond donors (Lipinski definition) is 3. The lowest BCUT2D eigenvalue weighted by Crippen LogP contribution is -2.64. The summed E-state index contributed by atoms with van der Waals surface area (Å²) in [6.07, 6.45) is 8.33. The van der Waals surface area contributed by atoms with Crippen LogP contribution >= 0.6 is 0 Å². The quantitative estimate of drug-likeness (QED) is 0.188. The molecule has 0 spiro atoms. The molecule has 7 heteroatoms. The molecule has 7 nitrogen and oxygen atoms in total. The highest BCUT2D eigenvalue weighted by Gasteiger charge is 2.68. The van der Waals surface area contributed by atoms with Gasteiger partial charge in [-0.2, -0.15) is 0 Å². The van der Waals surface area contributed by atoms with Crippen molar-refractivity contribution in [3.05, 3.63) is 23.3 Å². The summed E-state index contributed by atoms with van der Waals surface area (Å²) in [5.74, 6) is -1.11. The van der Waals surface area contributed by atoms with Crippen LogP contribution in [0.2, 0.25) is 0 Å². The average Bonchev–Trinajstić information content (AvgIpc) is 3.51. The predicted octanol–water partition coefficient (Wildman–Crippen LogP) is 6.71. The fourth-order valence-corrected chi connectivity index (χ4v) is 10.2. The first-order valence-electron chi connectivity index (χ1n) is 16.7. The molecule has 3 fully saturated rings. The van der Waals surface area contributed by atoms with E-state index in [-0.39, 0.29) is 35.7 Å². The van der Waals surface area contributed by atoms with Gasteiger partial charge in [0.2, 0.25) is 0 Å². The van der Waals surface area contributed by atoms with Crippen LogP contribution in [-0.4, -0.2) is 57.8 Å². The van der Waals surface area contributed by atoms with Gasteiger partial charge in [0.05, 0.1) is 18.3 Å². The Morgan fingerprint density at radius 1 is 1.21 bits per heavy atom. The highest BCUT2D eigenvalue weighted by molar-refractivity contribution is 5.75. The maximum atomic E-state index is 13.5. The van der Waals surface area contributed by atoms with Crippen molar-refractivity contribution in [2.45, 2.75) is 138 Å². The smallest absolute Gasteiger partial charge is 0.335 e. The van der Waals surface area contributed by atoms with E-state index >= 15 is 0 Å². The lowest BCUT2D eigenvalue weighted by atomic mass is 9.39. The van der Waals surface area contributed by atoms with Gasteiger partial charge in [0.1, 0.15) is 6.10 Å². The van der Waals surface area contributed by atoms with Gasteiger partial charge in [-0.15, -0.1) is 0 Å². The van der Waals surface area contributed by atoms with E-state index in [0.717, 1.165) is 32.3 Å². The van der Waals surface area contributed by atoms with E-state index in [2.05, 4.69) is 46.8 Å². The van der Waals surface area contributed by atoms with E-state index < -0.39 is 40.6 Å². The summed E-state index contributed by atoms with van der Waals surface area (Å²) in [6, 6.07) is 0. The van der Waals surface area contributed by atoms with Gasteiger partial charge in [-0.05, 0) is 107 Å². The summed E-state index contributed by atoms with van der Waals surface area (Å²) in [5.41, 5.74) is 0.328. The Bertz CT molecular complexity index is 1120. The number of hydrogen-bond acceptors (Lipinski definition) is 6. The van der Waals surface area contributed by atoms with E-state index in [1.165, 1.54) is 11.1 Å². The maximum absolute atomic E-state index is 13.5. The van der Waals surface area contributed by atoms with Crippen molar-refractivity contribution in [2.75, 3.05) is 6.61 Å². The molecule has 0 amide bonds. The molecule has 4 rings (SSSR count). The number of fused-ring (bicyclic) bond motifs is 3. The van der Waals surface area contributed by atoms with Gasteiger partial charge in [0.25, 0.3) is 0 Å². The normalized spacial score (nSPS) is 40.6. The molecule has 0 aromatic carbocycles. The number of carbonyl (C=O) groups excluding carboxylic acids is 1. The number of ether oxygens (including phenoxy) is 2. The first-order valence-corrected chi connectivity index (χ1v) is 16.7. The zero-order chi connectivity index (χ0) is 32.1. The topological polar surface area (TPSA) is 113 Å². The molecule has 2 saturated carbocycles. The number of carboxylic acid groups (broad SMARTS) is 1. The molecule has 244 valence electrons. The zero-order valence-corrected chi connectivity index (χ0v) is 28.1. The summed E-state index contributed by atoms with van der Waals surface area (Å²) in [7, 11) is 0. The third-order valence-electron chi connectivity index (χ3n) is 12.5. The van der Waals surface area contributed by atoms with Crippen LogP contribution in [0, 0.1) is 45.8 Å². The Hall–Kier alpha value is -1.70. The van der Waals surface area contributed by atoms with Crippen LogP contribution in [0.15, 0.2) is 23.3 Å². The predicted molar refractivity (Wildman–Crippen MR) is 167 cm³/mol. The van der Waals surface area contributed by atoms with E-state index in [0.29, 0.717) is 31.1 Å². The lowest BCUT2D eigenvalue weighted by Gasteiger charge is -2.66. The fraction of sp³-hybridized carbons (Fsp3) is 0.833. The minimum atomic E-state index is -1.21. The number of carbonyl (C=O) groups is 2. The minimum Gasteiger partial charge on any atom is -0.481 e. The van der Waals surface area contributed by atoms with Crippen LogP contribution in [0.25, 0.3) is 0 Å². The van der Waals surface area contributed by atoms with E-state index in [1.807, 2.05) is 13.8 Å². The average molecular weight is 603 g/mol. The lowest BCUT2D eigenvalue weighted by molar-refractivity contribution is -0.214. The van der Waals surface area contributed by atoms with Crippen LogP contribution in [0.3, 0.4) is 0 Å². The molecule has 1 aliphatic heterocycles. The van der Waals surface area contributed by atoms with Crippen LogP contribution < -0.4 is 0 Å². The molecule has 11 atom stereocenters. The summed E-state index contributed by atoms with van der Waals surface area (Å²) >= 11 is 0. The fourth-order valence-electron chi connectivity index (χ4n) is 10.2. The number of carboxylic acids is 1. The molecule has 1 saturated heterocycles. The highest BCUT2D eigenvalue weighted by Crippen LogP contribution is 2.72. The highest BCUT2D eigenvalue weighted by atomic mass is 16.6. The van der Waals surface area contributed by atoms with Gasteiger partial charge in [0, 0.05) is 11.8 Å². The number of aliphatic carboxylic acids is 1. The molecule has 1 heterocycles. The Morgan fingerprint density at radius 3 is 2.47 bits per heavy atom. The van der Waals surface area contributed by atoms with E-state index in [4.69, 9.17) is 9.47 Å². The van der Waals surface area contributed by atoms with E-state index in [9.17, 15) is 24.9 Å². The van der Waals surface area contributed by atoms with Gasteiger partial charge in [-0.25, -0.2) is 4.79 Å². The molecule has 0 bridgehead atoms. The van der Waals surface area contributed by atoms with Crippen molar-refractivity contribution in [3.8, 4) is 0 Å². The first-order chi connectivity index (χ1) is 19.9. The number of allylic oxidation sites excluding steroid dienone is 2. The van der Waals surface area contributed by atoms with Gasteiger partial charge in [0.15, 0.2) is 6.10 Å². The van der Waals surface area contributed by atoms with Crippen molar-refractivity contribution in [2.24, 2.45) is 45.8 Å². The monoisotopic (exact) mass is 602 g/mol. The standard InChI is InChI=1S/C36H58O7/c1-10-22(4)31(39)32(40)43-29-19-28(33(5,6)41)35(8,16-14-30(37)38)27-13-15-34(7)25(11-12-26(34)36(27,29)9)23-18-24(42-20-23)17-21(2)3/h12,17,22-25,27-29,31,39,41H,10-11,13-16,18-20H2,1-9H3,(H,37,38)/t22-,23-,24-,25+,27-,28+,29-,31-,34+,35-,36+/m1/s1. The maximum Gasteiger partial charge on any atom is 0.335 e. The molecule has 43 heavy (non-hydrogen) atoms. The summed E-state index contributed by atoms with van der Waals surface area (Å²) < 4.78 is 12.6. The number of aliphatic hydroxyl groups is 2. The third-order valence-corrected chi connectivity index (χ3v) is 12.5. The number of esters is 1. The molecular weight excluding hydrogens is 544 g/mol. The molecule has 0 aromatic rings. The Morgan fingerprint density at radius 2 is 1.88 bits per heavy atom. The molecule has 4 aliphatic rings. The Balaban J connectivity index is 1.76. The first kappa shape index (κ1) is 34.2. The van der Waals surface area contributed by atoms with Crippen molar-refractivity contribution >= 4 is 11.9 Å². The third kappa shape index (κ3) is 6.12. The van der Waals surface area contributed by atoms with Gasteiger partial charge in [-0.1, -0.05) is 64.3 Å². The van der Waals surface area contributed by atoms with Crippen LogP contribution in [0.1, 0.15) is 114 Å². The summed E-state index contributed by atoms with van der Waals surface area (Å²) in [5, 5.41) is 32.2. The second kappa shape index (κ2) is 12.2. The molecule has 3 aliphatic carbocycles. The Labute approximate surface area is 259 Å². The zero-order valence-electron chi connectivity index (χ0n) is 28.1. The Kier molecular flexibility index (Phi) is 9.73. The molecule has 3 N–H and O–H groups in total. The minimum absolute atomic E-state index is 0.000563. The van der Waals surface area contributed by atoms with Crippen molar-refractivity contribution in [1.29, 1.82) is 0 Å². The number of rotatable bonds is 10. The van der Waals surface area contributed by atoms with Crippen molar-refractivity contribution < 1.29 is 34.4 Å². The molecular formula is C36H58O7.